The maximum atomic E-state index is 12.9. The van der Waals surface area contributed by atoms with Crippen molar-refractivity contribution >= 4 is 5.91 Å². The molecule has 162 valence electrons. The number of methoxy groups -OCH3 is 2. The molecular weight excluding hydrogens is 378 g/mol. The maximum Gasteiger partial charge on any atom is 0.225 e. The predicted molar refractivity (Wildman–Crippen MR) is 119 cm³/mol. The SMILES string of the molecule is COc1cc2c(cc1OC)[C@H](COc1ccc(C(C)C)cc1)N(C(=O)C(C)C)CC2. The van der Waals surface area contributed by atoms with Crippen LogP contribution in [0.4, 0.5) is 0 Å². The van der Waals surface area contributed by atoms with Crippen molar-refractivity contribution in [2.75, 3.05) is 27.4 Å². The zero-order chi connectivity index (χ0) is 21.8. The molecule has 1 atom stereocenters. The minimum absolute atomic E-state index is 0.0699. The number of rotatable bonds is 7. The Labute approximate surface area is 179 Å². The van der Waals surface area contributed by atoms with E-state index in [0.717, 1.165) is 17.7 Å². The first kappa shape index (κ1) is 22.0. The first-order valence-corrected chi connectivity index (χ1v) is 10.6. The third-order valence-electron chi connectivity index (χ3n) is 5.73. The lowest BCUT2D eigenvalue weighted by molar-refractivity contribution is -0.138. The molecule has 0 N–H and O–H groups in total. The van der Waals surface area contributed by atoms with Crippen molar-refractivity contribution in [3.8, 4) is 17.2 Å². The molecule has 2 aromatic rings. The van der Waals surface area contributed by atoms with Gasteiger partial charge in [-0.1, -0.05) is 39.8 Å². The van der Waals surface area contributed by atoms with Crippen LogP contribution in [0.5, 0.6) is 17.2 Å². The summed E-state index contributed by atoms with van der Waals surface area (Å²) >= 11 is 0. The van der Waals surface area contributed by atoms with E-state index in [1.54, 1.807) is 14.2 Å². The molecule has 0 bridgehead atoms. The van der Waals surface area contributed by atoms with Gasteiger partial charge >= 0.3 is 0 Å². The van der Waals surface area contributed by atoms with Crippen LogP contribution in [0.2, 0.25) is 0 Å². The predicted octanol–water partition coefficient (Wildman–Crippen LogP) is 4.99. The second kappa shape index (κ2) is 9.41. The zero-order valence-corrected chi connectivity index (χ0v) is 18.9. The number of amides is 1. The van der Waals surface area contributed by atoms with Gasteiger partial charge < -0.3 is 19.1 Å². The number of benzene rings is 2. The van der Waals surface area contributed by atoms with Crippen LogP contribution in [0.15, 0.2) is 36.4 Å². The highest BCUT2D eigenvalue weighted by Crippen LogP contribution is 2.39. The number of fused-ring (bicyclic) bond motifs is 1. The van der Waals surface area contributed by atoms with Gasteiger partial charge in [-0.25, -0.2) is 0 Å². The average Bonchev–Trinajstić information content (AvgIpc) is 2.75. The van der Waals surface area contributed by atoms with Crippen LogP contribution < -0.4 is 14.2 Å². The van der Waals surface area contributed by atoms with E-state index in [0.29, 0.717) is 30.6 Å². The Morgan fingerprint density at radius 3 is 2.23 bits per heavy atom. The Morgan fingerprint density at radius 2 is 1.67 bits per heavy atom. The molecule has 3 rings (SSSR count). The summed E-state index contributed by atoms with van der Waals surface area (Å²) in [5.41, 5.74) is 3.51. The number of nitrogens with zero attached hydrogens (tertiary/aromatic N) is 1. The fraction of sp³-hybridized carbons (Fsp3) is 0.480. The quantitative estimate of drug-likeness (QED) is 0.644. The molecule has 2 aromatic carbocycles. The Morgan fingerprint density at radius 1 is 1.03 bits per heavy atom. The van der Waals surface area contributed by atoms with Crippen molar-refractivity contribution < 1.29 is 19.0 Å². The molecule has 0 saturated carbocycles. The molecule has 0 aromatic heterocycles. The van der Waals surface area contributed by atoms with Gasteiger partial charge in [0.25, 0.3) is 0 Å². The van der Waals surface area contributed by atoms with E-state index in [-0.39, 0.29) is 17.9 Å². The molecule has 0 fully saturated rings. The van der Waals surface area contributed by atoms with E-state index in [9.17, 15) is 4.79 Å². The second-order valence-electron chi connectivity index (χ2n) is 8.39. The van der Waals surface area contributed by atoms with Gasteiger partial charge in [0.2, 0.25) is 5.91 Å². The molecule has 1 amide bonds. The Kier molecular flexibility index (Phi) is 6.91. The molecule has 0 aliphatic carbocycles. The van der Waals surface area contributed by atoms with Crippen molar-refractivity contribution in [3.05, 3.63) is 53.1 Å². The highest BCUT2D eigenvalue weighted by Gasteiger charge is 2.33. The standard InChI is InChI=1S/C25H33NO4/c1-16(2)18-7-9-20(10-8-18)30-15-22-21-14-24(29-6)23(28-5)13-19(21)11-12-26(22)25(27)17(3)4/h7-10,13-14,16-17,22H,11-12,15H2,1-6H3/t22-/m0/s1. The minimum Gasteiger partial charge on any atom is -0.493 e. The van der Waals surface area contributed by atoms with Gasteiger partial charge in [-0.15, -0.1) is 0 Å². The molecule has 1 aliphatic heterocycles. The van der Waals surface area contributed by atoms with E-state index < -0.39 is 0 Å². The van der Waals surface area contributed by atoms with Crippen molar-refractivity contribution in [3.63, 3.8) is 0 Å². The highest BCUT2D eigenvalue weighted by atomic mass is 16.5. The molecule has 0 radical (unpaired) electrons. The van der Waals surface area contributed by atoms with Crippen LogP contribution in [0.25, 0.3) is 0 Å². The highest BCUT2D eigenvalue weighted by molar-refractivity contribution is 5.79. The van der Waals surface area contributed by atoms with Gasteiger partial charge in [-0.05, 0) is 53.3 Å². The van der Waals surface area contributed by atoms with E-state index in [2.05, 4.69) is 26.0 Å². The first-order valence-electron chi connectivity index (χ1n) is 10.6. The lowest BCUT2D eigenvalue weighted by Gasteiger charge is -2.38. The molecule has 5 nitrogen and oxygen atoms in total. The zero-order valence-electron chi connectivity index (χ0n) is 18.9. The second-order valence-corrected chi connectivity index (χ2v) is 8.39. The van der Waals surface area contributed by atoms with Gasteiger partial charge in [-0.3, -0.25) is 4.79 Å². The lowest BCUT2D eigenvalue weighted by Crippen LogP contribution is -2.44. The first-order chi connectivity index (χ1) is 14.3. The molecule has 0 unspecified atom stereocenters. The van der Waals surface area contributed by atoms with Gasteiger partial charge in [0, 0.05) is 12.5 Å². The minimum atomic E-state index is -0.173. The number of carbonyl (C=O) groups is 1. The molecule has 1 heterocycles. The normalized spacial score (nSPS) is 15.9. The van der Waals surface area contributed by atoms with Crippen LogP contribution in [-0.4, -0.2) is 38.2 Å². The molecule has 1 aliphatic rings. The number of hydrogen-bond donors (Lipinski definition) is 0. The monoisotopic (exact) mass is 411 g/mol. The van der Waals surface area contributed by atoms with Crippen LogP contribution in [0.1, 0.15) is 56.3 Å². The fourth-order valence-corrected chi connectivity index (χ4v) is 3.93. The topological polar surface area (TPSA) is 48.0 Å². The smallest absolute Gasteiger partial charge is 0.225 e. The van der Waals surface area contributed by atoms with Crippen molar-refractivity contribution in [1.29, 1.82) is 0 Å². The van der Waals surface area contributed by atoms with Crippen LogP contribution in [-0.2, 0) is 11.2 Å². The molecular formula is C25H33NO4. The summed E-state index contributed by atoms with van der Waals surface area (Å²) in [6, 6.07) is 12.0. The summed E-state index contributed by atoms with van der Waals surface area (Å²) in [5, 5.41) is 0. The lowest BCUT2D eigenvalue weighted by atomic mass is 9.91. The van der Waals surface area contributed by atoms with Gasteiger partial charge in [0.15, 0.2) is 11.5 Å². The van der Waals surface area contributed by atoms with E-state index >= 15 is 0 Å². The Hall–Kier alpha value is -2.69. The number of hydrogen-bond acceptors (Lipinski definition) is 4. The molecule has 30 heavy (non-hydrogen) atoms. The van der Waals surface area contributed by atoms with Crippen LogP contribution >= 0.6 is 0 Å². The van der Waals surface area contributed by atoms with E-state index in [4.69, 9.17) is 14.2 Å². The summed E-state index contributed by atoms with van der Waals surface area (Å²) in [5.74, 6) is 2.73. The molecule has 0 spiro atoms. The third-order valence-corrected chi connectivity index (χ3v) is 5.73. The van der Waals surface area contributed by atoms with E-state index in [1.165, 1.54) is 11.1 Å². The summed E-state index contributed by atoms with van der Waals surface area (Å²) in [6.07, 6.45) is 0.785. The van der Waals surface area contributed by atoms with Gasteiger partial charge in [0.1, 0.15) is 12.4 Å². The Balaban J connectivity index is 1.91. The molecule has 0 saturated heterocycles. The molecule has 5 heteroatoms. The summed E-state index contributed by atoms with van der Waals surface area (Å²) < 4.78 is 17.2. The fourth-order valence-electron chi connectivity index (χ4n) is 3.93. The maximum absolute atomic E-state index is 12.9. The number of carbonyl (C=O) groups excluding carboxylic acids is 1. The third kappa shape index (κ3) is 4.55. The summed E-state index contributed by atoms with van der Waals surface area (Å²) in [7, 11) is 3.27. The van der Waals surface area contributed by atoms with Gasteiger partial charge in [0.05, 0.1) is 20.3 Å². The summed E-state index contributed by atoms with van der Waals surface area (Å²) in [4.78, 5) is 14.9. The largest absolute Gasteiger partial charge is 0.493 e. The van der Waals surface area contributed by atoms with Crippen LogP contribution in [0.3, 0.4) is 0 Å². The van der Waals surface area contributed by atoms with Crippen LogP contribution in [0, 0.1) is 5.92 Å². The van der Waals surface area contributed by atoms with E-state index in [1.807, 2.05) is 43.0 Å². The average molecular weight is 412 g/mol. The summed E-state index contributed by atoms with van der Waals surface area (Å²) in [6.45, 7) is 9.28. The van der Waals surface area contributed by atoms with Crippen molar-refractivity contribution in [1.82, 2.24) is 4.90 Å². The van der Waals surface area contributed by atoms with Crippen molar-refractivity contribution in [2.24, 2.45) is 5.92 Å². The van der Waals surface area contributed by atoms with Crippen molar-refractivity contribution in [2.45, 2.75) is 46.1 Å². The van der Waals surface area contributed by atoms with Gasteiger partial charge in [-0.2, -0.15) is 0 Å². The Bertz CT molecular complexity index is 873. The number of ether oxygens (including phenoxy) is 3.